The van der Waals surface area contributed by atoms with Crippen molar-refractivity contribution in [1.82, 2.24) is 19.7 Å². The number of nitrogens with zero attached hydrogens (tertiary/aromatic N) is 3. The minimum Gasteiger partial charge on any atom is -0.475 e. The predicted octanol–water partition coefficient (Wildman–Crippen LogP) is 5.72. The lowest BCUT2D eigenvalue weighted by atomic mass is 10.1. The Hall–Kier alpha value is -3.54. The Kier molecular flexibility index (Phi) is 6.17. The number of benzene rings is 1. The van der Waals surface area contributed by atoms with E-state index in [9.17, 15) is 26.3 Å². The van der Waals surface area contributed by atoms with Crippen molar-refractivity contribution in [2.75, 3.05) is 0 Å². The number of rotatable bonds is 2. The van der Waals surface area contributed by atoms with Gasteiger partial charge in [-0.25, -0.2) is 14.5 Å². The van der Waals surface area contributed by atoms with Crippen LogP contribution in [0.5, 0.6) is 0 Å². The molecule has 2 N–H and O–H groups in total. The third kappa shape index (κ3) is 5.02. The second-order valence-electron chi connectivity index (χ2n) is 6.24. The zero-order chi connectivity index (χ0) is 23.7. The summed E-state index contributed by atoms with van der Waals surface area (Å²) < 4.78 is 71.5. The molecular weight excluding hydrogens is 466 g/mol. The summed E-state index contributed by atoms with van der Waals surface area (Å²) in [4.78, 5) is 16.2. The number of hydrogen-bond donors (Lipinski definition) is 2. The van der Waals surface area contributed by atoms with Crippen molar-refractivity contribution in [2.24, 2.45) is 0 Å². The summed E-state index contributed by atoms with van der Waals surface area (Å²) in [5.74, 6) is -2.76. The summed E-state index contributed by atoms with van der Waals surface area (Å²) in [5.41, 5.74) is 2.05. The number of carbonyl (C=O) groups is 1. The smallest absolute Gasteiger partial charge is 0.475 e. The van der Waals surface area contributed by atoms with Gasteiger partial charge in [-0.1, -0.05) is 11.6 Å². The van der Waals surface area contributed by atoms with E-state index < -0.39 is 23.9 Å². The first-order valence-corrected chi connectivity index (χ1v) is 8.90. The Morgan fingerprint density at radius 3 is 2.38 bits per heavy atom. The molecule has 1 aromatic carbocycles. The van der Waals surface area contributed by atoms with E-state index in [0.29, 0.717) is 5.69 Å². The maximum atomic E-state index is 12.8. The van der Waals surface area contributed by atoms with Crippen LogP contribution in [0.25, 0.3) is 27.8 Å². The van der Waals surface area contributed by atoms with E-state index in [2.05, 4.69) is 15.1 Å². The minimum atomic E-state index is -5.08. The Morgan fingerprint density at radius 1 is 1.09 bits per heavy atom. The molecule has 0 amide bonds. The summed E-state index contributed by atoms with van der Waals surface area (Å²) in [5, 5.41) is 12.3. The van der Waals surface area contributed by atoms with Crippen molar-refractivity contribution in [2.45, 2.75) is 12.4 Å². The number of carboxylic acid groups (broad SMARTS) is 1. The number of aromatic nitrogens is 4. The molecule has 32 heavy (non-hydrogen) atoms. The molecule has 0 bridgehead atoms. The normalized spacial score (nSPS) is 11.8. The number of hydrogen-bond acceptors (Lipinski definition) is 3. The zero-order valence-electron chi connectivity index (χ0n) is 15.5. The van der Waals surface area contributed by atoms with Crippen molar-refractivity contribution in [3.05, 3.63) is 65.7 Å². The van der Waals surface area contributed by atoms with Gasteiger partial charge in [0, 0.05) is 29.5 Å². The fourth-order valence-electron chi connectivity index (χ4n) is 2.68. The van der Waals surface area contributed by atoms with Crippen molar-refractivity contribution in [3.63, 3.8) is 0 Å². The van der Waals surface area contributed by atoms with E-state index in [1.807, 2.05) is 12.1 Å². The van der Waals surface area contributed by atoms with Gasteiger partial charge in [0.25, 0.3) is 0 Å². The first kappa shape index (κ1) is 23.1. The molecule has 0 aliphatic carbocycles. The van der Waals surface area contributed by atoms with E-state index >= 15 is 0 Å². The van der Waals surface area contributed by atoms with E-state index in [-0.39, 0.29) is 5.02 Å². The number of H-pyrrole nitrogens is 1. The lowest BCUT2D eigenvalue weighted by Crippen LogP contribution is -2.21. The van der Waals surface area contributed by atoms with E-state index in [0.717, 1.165) is 34.3 Å². The van der Waals surface area contributed by atoms with E-state index in [1.54, 1.807) is 24.8 Å². The highest BCUT2D eigenvalue weighted by Crippen LogP contribution is 2.34. The Balaban J connectivity index is 0.000000360. The van der Waals surface area contributed by atoms with Crippen LogP contribution < -0.4 is 0 Å². The molecule has 0 radical (unpaired) electrons. The van der Waals surface area contributed by atoms with Crippen LogP contribution in [0.4, 0.5) is 26.3 Å². The van der Waals surface area contributed by atoms with Crippen LogP contribution in [0.1, 0.15) is 5.56 Å². The van der Waals surface area contributed by atoms with Crippen molar-refractivity contribution >= 4 is 28.6 Å². The molecule has 0 spiro atoms. The summed E-state index contributed by atoms with van der Waals surface area (Å²) in [6.07, 6.45) is -2.70. The maximum Gasteiger partial charge on any atom is 0.490 e. The highest BCUT2D eigenvalue weighted by atomic mass is 35.5. The molecule has 0 unspecified atom stereocenters. The molecular formula is C19H11ClF6N4O2. The number of fused-ring (bicyclic) bond motifs is 1. The van der Waals surface area contributed by atoms with E-state index in [4.69, 9.17) is 21.5 Å². The fourth-order valence-corrected chi connectivity index (χ4v) is 2.94. The number of carboxylic acids is 1. The van der Waals surface area contributed by atoms with Gasteiger partial charge in [-0.3, -0.25) is 0 Å². The largest absolute Gasteiger partial charge is 0.490 e. The van der Waals surface area contributed by atoms with Crippen LogP contribution in [0.3, 0.4) is 0 Å². The van der Waals surface area contributed by atoms with Gasteiger partial charge in [-0.15, -0.1) is 0 Å². The van der Waals surface area contributed by atoms with Gasteiger partial charge in [-0.2, -0.15) is 31.4 Å². The van der Waals surface area contributed by atoms with Gasteiger partial charge >= 0.3 is 18.3 Å². The maximum absolute atomic E-state index is 12.8. The predicted molar refractivity (Wildman–Crippen MR) is 102 cm³/mol. The number of aromatic amines is 1. The summed E-state index contributed by atoms with van der Waals surface area (Å²) in [7, 11) is 0. The molecule has 4 rings (SSSR count). The molecule has 0 aliphatic heterocycles. The number of aliphatic carboxylic acids is 1. The van der Waals surface area contributed by atoms with Crippen molar-refractivity contribution < 1.29 is 36.2 Å². The average Bonchev–Trinajstić information content (AvgIpc) is 3.36. The highest BCUT2D eigenvalue weighted by Gasteiger charge is 2.38. The molecule has 3 heterocycles. The zero-order valence-corrected chi connectivity index (χ0v) is 16.3. The summed E-state index contributed by atoms with van der Waals surface area (Å²) in [6.45, 7) is 0. The van der Waals surface area contributed by atoms with Gasteiger partial charge < -0.3 is 10.1 Å². The lowest BCUT2D eigenvalue weighted by molar-refractivity contribution is -0.192. The summed E-state index contributed by atoms with van der Waals surface area (Å²) in [6, 6.07) is 6.95. The van der Waals surface area contributed by atoms with Crippen LogP contribution in [-0.4, -0.2) is 37.0 Å². The van der Waals surface area contributed by atoms with Gasteiger partial charge in [0.2, 0.25) is 0 Å². The van der Waals surface area contributed by atoms with Crippen LogP contribution in [0.2, 0.25) is 5.02 Å². The standard InChI is InChI=1S/C17H10ClF3N4.C2HF3O2/c18-14-7-11(17(19,20)21)1-2-15(14)25-9-10(8-24-25)12-3-5-22-16-13(12)4-6-23-16;3-2(4,5)1(6)7/h1-9H,(H,22,23);(H,6,7). The molecule has 0 aliphatic rings. The molecule has 0 saturated carbocycles. The molecule has 3 aromatic heterocycles. The monoisotopic (exact) mass is 476 g/mol. The van der Waals surface area contributed by atoms with Crippen molar-refractivity contribution in [1.29, 1.82) is 0 Å². The Bertz CT molecular complexity index is 1260. The van der Waals surface area contributed by atoms with Gasteiger partial charge in [0.05, 0.1) is 22.5 Å². The van der Waals surface area contributed by atoms with Crippen LogP contribution in [0, 0.1) is 0 Å². The third-order valence-electron chi connectivity index (χ3n) is 4.12. The van der Waals surface area contributed by atoms with E-state index in [1.165, 1.54) is 10.7 Å². The van der Waals surface area contributed by atoms with Gasteiger partial charge in [0.15, 0.2) is 0 Å². The number of alkyl halides is 6. The first-order chi connectivity index (χ1) is 14.9. The molecule has 0 saturated heterocycles. The van der Waals surface area contributed by atoms with Gasteiger partial charge in [-0.05, 0) is 35.9 Å². The van der Waals surface area contributed by atoms with Gasteiger partial charge in [0.1, 0.15) is 5.65 Å². The summed E-state index contributed by atoms with van der Waals surface area (Å²) >= 11 is 6.03. The molecule has 168 valence electrons. The molecule has 4 aromatic rings. The third-order valence-corrected chi connectivity index (χ3v) is 4.42. The van der Waals surface area contributed by atoms with Crippen molar-refractivity contribution in [3.8, 4) is 16.8 Å². The SMILES string of the molecule is FC(F)(F)c1ccc(-n2cc(-c3ccnc4[nH]ccc34)cn2)c(Cl)c1.O=C(O)C(F)(F)F. The van der Waals surface area contributed by atoms with Crippen LogP contribution in [0.15, 0.2) is 55.1 Å². The first-order valence-electron chi connectivity index (χ1n) is 8.52. The second-order valence-corrected chi connectivity index (χ2v) is 6.65. The number of halogens is 7. The molecule has 0 fully saturated rings. The lowest BCUT2D eigenvalue weighted by Gasteiger charge is -2.09. The quantitative estimate of drug-likeness (QED) is 0.362. The number of nitrogens with one attached hydrogen (secondary N) is 1. The molecule has 6 nitrogen and oxygen atoms in total. The minimum absolute atomic E-state index is 0.0222. The Morgan fingerprint density at radius 2 is 1.78 bits per heavy atom. The highest BCUT2D eigenvalue weighted by molar-refractivity contribution is 6.32. The van der Waals surface area contributed by atoms with Crippen LogP contribution in [-0.2, 0) is 11.0 Å². The number of pyridine rings is 1. The average molecular weight is 477 g/mol. The molecule has 0 atom stereocenters. The molecule has 13 heteroatoms. The fraction of sp³-hybridized carbons (Fsp3) is 0.105. The van der Waals surface area contributed by atoms with Crippen LogP contribution >= 0.6 is 11.6 Å². The second kappa shape index (κ2) is 8.54. The topological polar surface area (TPSA) is 83.8 Å². The Labute approximate surface area is 180 Å².